The molecule has 0 aliphatic carbocycles. The van der Waals surface area contributed by atoms with E-state index in [0.29, 0.717) is 11.0 Å². The monoisotopic (exact) mass is 311 g/mol. The summed E-state index contributed by atoms with van der Waals surface area (Å²) in [5.74, 6) is 0.514. The van der Waals surface area contributed by atoms with Crippen LogP contribution >= 0.6 is 34.5 Å². The van der Waals surface area contributed by atoms with Crippen LogP contribution in [0, 0.1) is 0 Å². The van der Waals surface area contributed by atoms with Crippen LogP contribution in [0.4, 0.5) is 5.95 Å². The van der Waals surface area contributed by atoms with Gasteiger partial charge in [0.1, 0.15) is 0 Å². The van der Waals surface area contributed by atoms with Gasteiger partial charge in [0.25, 0.3) is 0 Å². The number of rotatable bonds is 3. The van der Waals surface area contributed by atoms with Gasteiger partial charge in [-0.3, -0.25) is 0 Å². The Balaban J connectivity index is 1.91. The number of benzene rings is 1. The Bertz CT molecular complexity index is 733. The summed E-state index contributed by atoms with van der Waals surface area (Å²) in [7, 11) is 0. The van der Waals surface area contributed by atoms with Gasteiger partial charge in [-0.25, -0.2) is 4.98 Å². The number of nitrogen functional groups attached to an aromatic ring is 1. The van der Waals surface area contributed by atoms with Gasteiger partial charge in [-0.05, 0) is 36.8 Å². The molecule has 0 atom stereocenters. The average molecular weight is 312 g/mol. The standard InChI is InChI=1S/C13H11Cl2N3S/c14-8-1-3-10-11(7-8)18(13(16)17-10)6-5-9-2-4-12(15)19-9/h1-4,7H,5-6H2,(H2,16,17). The van der Waals surface area contributed by atoms with Crippen LogP contribution in [0.5, 0.6) is 0 Å². The van der Waals surface area contributed by atoms with E-state index in [9.17, 15) is 0 Å². The third-order valence-electron chi connectivity index (χ3n) is 2.95. The second-order valence-corrected chi connectivity index (χ2v) is 6.45. The summed E-state index contributed by atoms with van der Waals surface area (Å²) in [4.78, 5) is 5.56. The zero-order valence-corrected chi connectivity index (χ0v) is 12.3. The highest BCUT2D eigenvalue weighted by Gasteiger charge is 2.09. The SMILES string of the molecule is Nc1nc2ccc(Cl)cc2n1CCc1ccc(Cl)s1. The first-order chi connectivity index (χ1) is 9.13. The van der Waals surface area contributed by atoms with Gasteiger partial charge in [0.15, 0.2) is 0 Å². The highest BCUT2D eigenvalue weighted by molar-refractivity contribution is 7.16. The van der Waals surface area contributed by atoms with Crippen molar-refractivity contribution in [3.8, 4) is 0 Å². The summed E-state index contributed by atoms with van der Waals surface area (Å²) in [5, 5.41) is 0.688. The van der Waals surface area contributed by atoms with Crippen molar-refractivity contribution in [3.63, 3.8) is 0 Å². The van der Waals surface area contributed by atoms with E-state index >= 15 is 0 Å². The number of fused-ring (bicyclic) bond motifs is 1. The number of nitrogens with zero attached hydrogens (tertiary/aromatic N) is 2. The molecule has 2 N–H and O–H groups in total. The predicted molar refractivity (Wildman–Crippen MR) is 82.2 cm³/mol. The Morgan fingerprint density at radius 3 is 2.79 bits per heavy atom. The van der Waals surface area contributed by atoms with Crippen molar-refractivity contribution < 1.29 is 0 Å². The van der Waals surface area contributed by atoms with Crippen LogP contribution < -0.4 is 5.73 Å². The number of hydrogen-bond acceptors (Lipinski definition) is 3. The summed E-state index contributed by atoms with van der Waals surface area (Å²) in [6, 6.07) is 9.54. The molecule has 0 spiro atoms. The molecule has 0 unspecified atom stereocenters. The number of aryl methyl sites for hydroxylation is 2. The molecule has 0 bridgehead atoms. The molecule has 0 aliphatic rings. The molecule has 3 aromatic rings. The summed E-state index contributed by atoms with van der Waals surface area (Å²) in [6.07, 6.45) is 0.875. The molecular formula is C13H11Cl2N3S. The Morgan fingerprint density at radius 2 is 2.05 bits per heavy atom. The van der Waals surface area contributed by atoms with Gasteiger partial charge < -0.3 is 10.3 Å². The van der Waals surface area contributed by atoms with E-state index in [1.54, 1.807) is 11.3 Å². The van der Waals surface area contributed by atoms with Gasteiger partial charge in [0.2, 0.25) is 5.95 Å². The fraction of sp³-hybridized carbons (Fsp3) is 0.154. The zero-order valence-electron chi connectivity index (χ0n) is 9.94. The second-order valence-electron chi connectivity index (χ2n) is 4.21. The van der Waals surface area contributed by atoms with E-state index in [2.05, 4.69) is 4.98 Å². The third-order valence-corrected chi connectivity index (χ3v) is 4.48. The molecule has 0 saturated heterocycles. The largest absolute Gasteiger partial charge is 0.369 e. The fourth-order valence-corrected chi connectivity index (χ4v) is 3.30. The first-order valence-corrected chi connectivity index (χ1v) is 7.36. The molecule has 3 nitrogen and oxygen atoms in total. The maximum atomic E-state index is 6.02. The molecule has 0 aliphatic heterocycles. The van der Waals surface area contributed by atoms with Crippen molar-refractivity contribution in [2.24, 2.45) is 0 Å². The molecule has 2 aromatic heterocycles. The molecule has 0 saturated carbocycles. The number of nitrogens with two attached hydrogens (primary N) is 1. The van der Waals surface area contributed by atoms with Crippen molar-refractivity contribution >= 4 is 51.5 Å². The molecule has 2 heterocycles. The zero-order chi connectivity index (χ0) is 13.4. The minimum absolute atomic E-state index is 0.514. The van der Waals surface area contributed by atoms with E-state index in [1.165, 1.54) is 4.88 Å². The highest BCUT2D eigenvalue weighted by Crippen LogP contribution is 2.25. The third kappa shape index (κ3) is 2.56. The molecule has 0 fully saturated rings. The van der Waals surface area contributed by atoms with Gasteiger partial charge in [0.05, 0.1) is 15.4 Å². The molecule has 98 valence electrons. The van der Waals surface area contributed by atoms with Crippen LogP contribution in [0.15, 0.2) is 30.3 Å². The van der Waals surface area contributed by atoms with Crippen LogP contribution in [-0.2, 0) is 13.0 Å². The smallest absolute Gasteiger partial charge is 0.201 e. The summed E-state index contributed by atoms with van der Waals surface area (Å²) in [5.41, 5.74) is 7.79. The van der Waals surface area contributed by atoms with Crippen LogP contribution in [0.1, 0.15) is 4.88 Å². The quantitative estimate of drug-likeness (QED) is 0.786. The van der Waals surface area contributed by atoms with Crippen molar-refractivity contribution in [3.05, 3.63) is 44.6 Å². The fourth-order valence-electron chi connectivity index (χ4n) is 2.06. The summed E-state index contributed by atoms with van der Waals surface area (Å²) in [6.45, 7) is 0.763. The molecule has 6 heteroatoms. The lowest BCUT2D eigenvalue weighted by molar-refractivity contribution is 0.733. The van der Waals surface area contributed by atoms with Gasteiger partial charge >= 0.3 is 0 Å². The molecule has 0 radical (unpaired) electrons. The molecule has 1 aromatic carbocycles. The van der Waals surface area contributed by atoms with Gasteiger partial charge in [-0.2, -0.15) is 0 Å². The predicted octanol–water partition coefficient (Wildman–Crippen LogP) is 4.23. The topological polar surface area (TPSA) is 43.8 Å². The van der Waals surface area contributed by atoms with Crippen molar-refractivity contribution in [1.29, 1.82) is 0 Å². The number of halogens is 2. The van der Waals surface area contributed by atoms with Gasteiger partial charge in [-0.1, -0.05) is 23.2 Å². The van der Waals surface area contributed by atoms with Crippen molar-refractivity contribution in [2.75, 3.05) is 5.73 Å². The minimum atomic E-state index is 0.514. The second kappa shape index (κ2) is 5.04. The Morgan fingerprint density at radius 1 is 1.21 bits per heavy atom. The lowest BCUT2D eigenvalue weighted by atomic mass is 10.3. The van der Waals surface area contributed by atoms with E-state index < -0.39 is 0 Å². The van der Waals surface area contributed by atoms with E-state index in [4.69, 9.17) is 28.9 Å². The Kier molecular flexibility index (Phi) is 3.39. The summed E-state index contributed by atoms with van der Waals surface area (Å²) >= 11 is 13.5. The van der Waals surface area contributed by atoms with E-state index in [1.807, 2.05) is 34.9 Å². The van der Waals surface area contributed by atoms with Crippen LogP contribution in [0.2, 0.25) is 9.36 Å². The number of thiophene rings is 1. The minimum Gasteiger partial charge on any atom is -0.369 e. The normalized spacial score (nSPS) is 11.3. The maximum absolute atomic E-state index is 6.02. The van der Waals surface area contributed by atoms with Crippen LogP contribution in [0.25, 0.3) is 11.0 Å². The lowest BCUT2D eigenvalue weighted by Crippen LogP contribution is -2.05. The van der Waals surface area contributed by atoms with Gasteiger partial charge in [0, 0.05) is 16.4 Å². The number of hydrogen-bond donors (Lipinski definition) is 1. The Labute approximate surface area is 124 Å². The van der Waals surface area contributed by atoms with Crippen molar-refractivity contribution in [1.82, 2.24) is 9.55 Å². The molecule has 3 rings (SSSR count). The first-order valence-electron chi connectivity index (χ1n) is 5.79. The van der Waals surface area contributed by atoms with E-state index in [0.717, 1.165) is 28.3 Å². The van der Waals surface area contributed by atoms with Crippen LogP contribution in [-0.4, -0.2) is 9.55 Å². The molecule has 0 amide bonds. The van der Waals surface area contributed by atoms with Crippen LogP contribution in [0.3, 0.4) is 0 Å². The molecular weight excluding hydrogens is 301 g/mol. The molecule has 19 heavy (non-hydrogen) atoms. The average Bonchev–Trinajstić information content (AvgIpc) is 2.90. The first kappa shape index (κ1) is 12.8. The van der Waals surface area contributed by atoms with Gasteiger partial charge in [-0.15, -0.1) is 11.3 Å². The number of aromatic nitrogens is 2. The maximum Gasteiger partial charge on any atom is 0.201 e. The van der Waals surface area contributed by atoms with Crippen molar-refractivity contribution in [2.45, 2.75) is 13.0 Å². The van der Waals surface area contributed by atoms with E-state index in [-0.39, 0.29) is 0 Å². The Hall–Kier alpha value is -1.23. The highest BCUT2D eigenvalue weighted by atomic mass is 35.5. The number of imidazole rings is 1. The summed E-state index contributed by atoms with van der Waals surface area (Å²) < 4.78 is 2.79. The lowest BCUT2D eigenvalue weighted by Gasteiger charge is -2.05. The number of anilines is 1.